The Kier molecular flexibility index (Phi) is 8.73. The summed E-state index contributed by atoms with van der Waals surface area (Å²) in [5.74, 6) is -0.549. The molecule has 0 heterocycles. The summed E-state index contributed by atoms with van der Waals surface area (Å²) in [7, 11) is -9.06. The average molecular weight is 639 g/mol. The number of hydrogen-bond donors (Lipinski definition) is 7. The number of aromatic hydroxyl groups is 1. The van der Waals surface area contributed by atoms with Crippen molar-refractivity contribution in [2.24, 2.45) is 10.2 Å². The van der Waals surface area contributed by atoms with E-state index >= 15 is 0 Å². The third-order valence-corrected chi connectivity index (χ3v) is 7.96. The number of hydrogen-bond acceptors (Lipinski definition) is 11. The molecule has 5 aromatic rings. The second kappa shape index (κ2) is 12.1. The van der Waals surface area contributed by atoms with E-state index in [0.717, 1.165) is 11.8 Å². The summed E-state index contributed by atoms with van der Waals surface area (Å²) in [5.41, 5.74) is 19.2. The van der Waals surface area contributed by atoms with Crippen LogP contribution in [-0.2, 0) is 25.0 Å². The molecule has 0 unspecified atom stereocenters. The first-order valence-corrected chi connectivity index (χ1v) is 15.3. The van der Waals surface area contributed by atoms with E-state index < -0.39 is 30.9 Å². The maximum absolute atomic E-state index is 11.6. The van der Waals surface area contributed by atoms with E-state index in [2.05, 4.69) is 15.5 Å². The van der Waals surface area contributed by atoms with Crippen molar-refractivity contribution in [1.82, 2.24) is 0 Å². The van der Waals surface area contributed by atoms with Crippen molar-refractivity contribution in [3.8, 4) is 5.75 Å². The largest absolute Gasteiger partial charge is 0.505 e. The minimum Gasteiger partial charge on any atom is -0.505 e. The summed E-state index contributed by atoms with van der Waals surface area (Å²) < 4.78 is 65.1. The topological polar surface area (TPSA) is 261 Å². The number of benzene rings is 5. The number of anilines is 4. The Morgan fingerprint density at radius 1 is 0.705 bits per heavy atom. The molecule has 0 spiro atoms. The highest BCUT2D eigenvalue weighted by molar-refractivity contribution is 7.86. The van der Waals surface area contributed by atoms with E-state index in [1.807, 2.05) is 0 Å². The van der Waals surface area contributed by atoms with Crippen LogP contribution in [0.15, 0.2) is 98.9 Å². The van der Waals surface area contributed by atoms with Crippen molar-refractivity contribution >= 4 is 81.8 Å². The van der Waals surface area contributed by atoms with Gasteiger partial charge in [-0.25, -0.2) is 0 Å². The smallest absolute Gasteiger partial charge is 0.295 e. The van der Waals surface area contributed by atoms with Crippen molar-refractivity contribution < 1.29 is 35.8 Å². The molecule has 0 bridgehead atoms. The fraction of sp³-hybridized carbons (Fsp3) is 0.0357. The van der Waals surface area contributed by atoms with E-state index in [1.54, 1.807) is 24.3 Å². The van der Waals surface area contributed by atoms with Crippen LogP contribution in [0.1, 0.15) is 6.92 Å². The highest BCUT2D eigenvalue weighted by Gasteiger charge is 2.19. The van der Waals surface area contributed by atoms with Gasteiger partial charge in [-0.2, -0.15) is 16.8 Å². The zero-order valence-electron chi connectivity index (χ0n) is 22.8. The minimum atomic E-state index is -4.58. The Bertz CT molecular complexity index is 2170. The maximum Gasteiger partial charge on any atom is 0.295 e. The SMILES string of the molecule is CC(=O)Nc1ccc(N)cc1.Nc1ccc(N=Nc2ccc3c(S(=O)(=O)O)ccc(N)c3c2O)c2cc(S(=O)(=O)O)ccc12. The molecule has 0 saturated carbocycles. The van der Waals surface area contributed by atoms with Crippen LogP contribution in [-0.4, -0.2) is 37.0 Å². The van der Waals surface area contributed by atoms with E-state index in [9.17, 15) is 35.8 Å². The monoisotopic (exact) mass is 638 g/mol. The molecule has 5 aromatic carbocycles. The molecule has 0 aliphatic rings. The fourth-order valence-electron chi connectivity index (χ4n) is 4.18. The molecular weight excluding hydrogens is 612 g/mol. The Balaban J connectivity index is 0.000000339. The van der Waals surface area contributed by atoms with Gasteiger partial charge in [-0.05, 0) is 66.7 Å². The number of nitrogens with zero attached hydrogens (tertiary/aromatic N) is 2. The maximum atomic E-state index is 11.6. The van der Waals surface area contributed by atoms with Gasteiger partial charge in [-0.3, -0.25) is 13.9 Å². The van der Waals surface area contributed by atoms with Gasteiger partial charge in [0.25, 0.3) is 20.2 Å². The Morgan fingerprint density at radius 3 is 1.91 bits per heavy atom. The van der Waals surface area contributed by atoms with Gasteiger partial charge in [0, 0.05) is 45.8 Å². The molecule has 14 nitrogen and oxygen atoms in total. The van der Waals surface area contributed by atoms with Crippen LogP contribution in [0, 0.1) is 0 Å². The number of amides is 1. The summed E-state index contributed by atoms with van der Waals surface area (Å²) in [5, 5.41) is 22.0. The van der Waals surface area contributed by atoms with Gasteiger partial charge in [0.05, 0.1) is 16.0 Å². The van der Waals surface area contributed by atoms with Gasteiger partial charge in [0.1, 0.15) is 10.6 Å². The molecule has 0 fully saturated rings. The summed E-state index contributed by atoms with van der Waals surface area (Å²) in [4.78, 5) is 9.75. The zero-order chi connectivity index (χ0) is 32.4. The first kappa shape index (κ1) is 31.6. The van der Waals surface area contributed by atoms with Crippen molar-refractivity contribution in [3.05, 3.63) is 78.9 Å². The van der Waals surface area contributed by atoms with Gasteiger partial charge in [-0.15, -0.1) is 10.2 Å². The third kappa shape index (κ3) is 7.01. The second-order valence-electron chi connectivity index (χ2n) is 9.34. The molecule has 1 amide bonds. The molecule has 0 aliphatic carbocycles. The molecule has 0 atom stereocenters. The molecule has 0 radical (unpaired) electrons. The molecular formula is C28H26N6O8S2. The highest BCUT2D eigenvalue weighted by Crippen LogP contribution is 2.41. The molecule has 16 heteroatoms. The van der Waals surface area contributed by atoms with Gasteiger partial charge >= 0.3 is 0 Å². The van der Waals surface area contributed by atoms with Crippen LogP contribution < -0.4 is 22.5 Å². The van der Waals surface area contributed by atoms with Crippen LogP contribution in [0.3, 0.4) is 0 Å². The van der Waals surface area contributed by atoms with E-state index in [4.69, 9.17) is 17.2 Å². The number of azo groups is 1. The predicted octanol–water partition coefficient (Wildman–Crippen LogP) is 5.00. The number of nitrogens with two attached hydrogens (primary N) is 3. The Morgan fingerprint density at radius 2 is 1.30 bits per heavy atom. The van der Waals surface area contributed by atoms with Gasteiger partial charge in [-0.1, -0.05) is 12.1 Å². The van der Waals surface area contributed by atoms with Crippen LogP contribution in [0.25, 0.3) is 21.5 Å². The lowest BCUT2D eigenvalue weighted by molar-refractivity contribution is -0.114. The molecule has 5 rings (SSSR count). The number of fused-ring (bicyclic) bond motifs is 2. The number of phenolic OH excluding ortho intramolecular Hbond substituents is 1. The lowest BCUT2D eigenvalue weighted by Gasteiger charge is -2.10. The molecule has 10 N–H and O–H groups in total. The average Bonchev–Trinajstić information content (AvgIpc) is 2.94. The summed E-state index contributed by atoms with van der Waals surface area (Å²) in [6.07, 6.45) is 0. The van der Waals surface area contributed by atoms with Gasteiger partial charge in [0.15, 0.2) is 5.75 Å². The first-order chi connectivity index (χ1) is 20.6. The van der Waals surface area contributed by atoms with Gasteiger partial charge < -0.3 is 27.6 Å². The van der Waals surface area contributed by atoms with Crippen molar-refractivity contribution in [3.63, 3.8) is 0 Å². The van der Waals surface area contributed by atoms with E-state index in [-0.39, 0.29) is 44.0 Å². The number of nitrogens with one attached hydrogen (secondary N) is 1. The lowest BCUT2D eigenvalue weighted by Crippen LogP contribution is -2.05. The minimum absolute atomic E-state index is 0.00956. The standard InChI is InChI=1S/C20H16N4O7S2.C8H10N2O/c21-14-4-7-16(13-9-10(32(26,27)28)1-2-11(13)14)23-24-17-6-3-12-18(33(29,30)31)8-5-15(22)19(12)20(17)25;1-6(11)10-8-4-2-7(9)3-5-8/h1-9,25H,21-22H2,(H,26,27,28)(H,29,30,31);2-5H,9H2,1H3,(H,10,11). The number of nitrogen functional groups attached to an aromatic ring is 3. The Labute approximate surface area is 251 Å². The lowest BCUT2D eigenvalue weighted by atomic mass is 10.1. The van der Waals surface area contributed by atoms with E-state index in [0.29, 0.717) is 16.8 Å². The quantitative estimate of drug-likeness (QED) is 0.0765. The van der Waals surface area contributed by atoms with E-state index in [1.165, 1.54) is 55.5 Å². The summed E-state index contributed by atoms with van der Waals surface area (Å²) in [6, 6.07) is 18.7. The number of carbonyl (C=O) groups excluding carboxylic acids is 1. The number of rotatable bonds is 5. The molecule has 44 heavy (non-hydrogen) atoms. The van der Waals surface area contributed by atoms with Crippen LogP contribution >= 0.6 is 0 Å². The van der Waals surface area contributed by atoms with Crippen LogP contribution in [0.4, 0.5) is 34.1 Å². The second-order valence-corrected chi connectivity index (χ2v) is 12.2. The molecule has 0 aliphatic heterocycles. The van der Waals surface area contributed by atoms with Gasteiger partial charge in [0.2, 0.25) is 5.91 Å². The molecule has 228 valence electrons. The van der Waals surface area contributed by atoms with Crippen molar-refractivity contribution in [1.29, 1.82) is 0 Å². The highest BCUT2D eigenvalue weighted by atomic mass is 32.2. The molecule has 0 aromatic heterocycles. The predicted molar refractivity (Wildman–Crippen MR) is 167 cm³/mol. The number of phenols is 1. The van der Waals surface area contributed by atoms with Crippen molar-refractivity contribution in [2.75, 3.05) is 22.5 Å². The van der Waals surface area contributed by atoms with Crippen LogP contribution in [0.5, 0.6) is 5.75 Å². The Hall–Kier alpha value is -5.29. The fourth-order valence-corrected chi connectivity index (χ4v) is 5.38. The first-order valence-electron chi connectivity index (χ1n) is 12.4. The summed E-state index contributed by atoms with van der Waals surface area (Å²) in [6.45, 7) is 1.47. The third-order valence-electron chi connectivity index (χ3n) is 6.20. The normalized spacial score (nSPS) is 11.8. The molecule has 0 saturated heterocycles. The summed E-state index contributed by atoms with van der Waals surface area (Å²) >= 11 is 0. The van der Waals surface area contributed by atoms with Crippen molar-refractivity contribution in [2.45, 2.75) is 16.7 Å². The van der Waals surface area contributed by atoms with Crippen LogP contribution in [0.2, 0.25) is 0 Å². The zero-order valence-corrected chi connectivity index (χ0v) is 24.5. The number of carbonyl (C=O) groups is 1.